The van der Waals surface area contributed by atoms with E-state index >= 15 is 0 Å². The van der Waals surface area contributed by atoms with Gasteiger partial charge in [-0.25, -0.2) is 18.4 Å². The molecule has 4 aromatic rings. The van der Waals surface area contributed by atoms with E-state index in [9.17, 15) is 26.4 Å². The summed E-state index contributed by atoms with van der Waals surface area (Å²) in [6.07, 6.45) is 2.26. The number of sulfone groups is 1. The number of carbonyl (C=O) groups excluding carboxylic acids is 1. The van der Waals surface area contributed by atoms with E-state index in [1.165, 1.54) is 18.3 Å². The number of nitrogens with zero attached hydrogens (tertiary/aromatic N) is 3. The van der Waals surface area contributed by atoms with Crippen molar-refractivity contribution < 1.29 is 26.4 Å². The second-order valence-electron chi connectivity index (χ2n) is 7.07. The molecule has 0 unspecified atom stereocenters. The lowest BCUT2D eigenvalue weighted by Gasteiger charge is -2.10. The molecule has 4 rings (SSSR count). The Balaban J connectivity index is 1.47. The summed E-state index contributed by atoms with van der Waals surface area (Å²) in [7, 11) is -4.11. The zero-order chi connectivity index (χ0) is 22.9. The number of hydrogen-bond donors (Lipinski definition) is 0. The quantitative estimate of drug-likeness (QED) is 0.400. The highest BCUT2D eigenvalue weighted by Gasteiger charge is 2.32. The molecule has 0 fully saturated rings. The van der Waals surface area contributed by atoms with Crippen LogP contribution in [-0.4, -0.2) is 28.6 Å². The molecule has 0 bridgehead atoms. The Bertz CT molecular complexity index is 1400. The lowest BCUT2D eigenvalue weighted by atomic mass is 10.0. The van der Waals surface area contributed by atoms with Crippen LogP contribution in [-0.2, 0) is 22.4 Å². The summed E-state index contributed by atoms with van der Waals surface area (Å²) in [4.78, 5) is 20.0. The number of imidazole rings is 1. The molecule has 2 heterocycles. The SMILES string of the molecule is O=C(CCc1ccc(S(=O)(=O)c2cccc(C(F)(F)F)c2)cc1)c1cnc2nccn2c1. The van der Waals surface area contributed by atoms with Gasteiger partial charge in [0.05, 0.1) is 20.9 Å². The van der Waals surface area contributed by atoms with Crippen molar-refractivity contribution in [3.8, 4) is 0 Å². The maximum absolute atomic E-state index is 12.9. The molecule has 32 heavy (non-hydrogen) atoms. The third kappa shape index (κ3) is 4.40. The number of hydrogen-bond acceptors (Lipinski definition) is 5. The van der Waals surface area contributed by atoms with Crippen LogP contribution in [0.25, 0.3) is 5.78 Å². The summed E-state index contributed by atoms with van der Waals surface area (Å²) >= 11 is 0. The smallest absolute Gasteiger partial charge is 0.294 e. The molecule has 0 spiro atoms. The van der Waals surface area contributed by atoms with Crippen LogP contribution >= 0.6 is 0 Å². The Kier molecular flexibility index (Phi) is 5.55. The predicted molar refractivity (Wildman–Crippen MR) is 109 cm³/mol. The first-order valence-electron chi connectivity index (χ1n) is 9.48. The third-order valence-electron chi connectivity index (χ3n) is 4.91. The number of ketones is 1. The number of rotatable bonds is 6. The summed E-state index contributed by atoms with van der Waals surface area (Å²) in [6, 6.07) is 9.37. The lowest BCUT2D eigenvalue weighted by molar-refractivity contribution is -0.137. The van der Waals surface area contributed by atoms with Crippen molar-refractivity contribution in [1.82, 2.24) is 14.4 Å². The van der Waals surface area contributed by atoms with Gasteiger partial charge in [0.2, 0.25) is 15.6 Å². The number of aromatic nitrogens is 3. The van der Waals surface area contributed by atoms with E-state index < -0.39 is 26.5 Å². The molecule has 2 aromatic heterocycles. The first kappa shape index (κ1) is 21.7. The molecule has 0 N–H and O–H groups in total. The Labute approximate surface area is 181 Å². The third-order valence-corrected chi connectivity index (χ3v) is 6.68. The van der Waals surface area contributed by atoms with Gasteiger partial charge < -0.3 is 0 Å². The average molecular weight is 459 g/mol. The van der Waals surface area contributed by atoms with E-state index in [4.69, 9.17) is 0 Å². The highest BCUT2D eigenvalue weighted by Crippen LogP contribution is 2.32. The molecule has 0 amide bonds. The van der Waals surface area contributed by atoms with Crippen molar-refractivity contribution in [3.05, 3.63) is 90.0 Å². The largest absolute Gasteiger partial charge is 0.416 e. The number of benzene rings is 2. The number of carbonyl (C=O) groups is 1. The van der Waals surface area contributed by atoms with Crippen molar-refractivity contribution in [2.24, 2.45) is 0 Å². The van der Waals surface area contributed by atoms with E-state index in [0.717, 1.165) is 23.8 Å². The van der Waals surface area contributed by atoms with Crippen LogP contribution in [0, 0.1) is 0 Å². The van der Waals surface area contributed by atoms with Gasteiger partial charge in [-0.1, -0.05) is 18.2 Å². The van der Waals surface area contributed by atoms with Crippen molar-refractivity contribution in [1.29, 1.82) is 0 Å². The van der Waals surface area contributed by atoms with Gasteiger partial charge in [0.15, 0.2) is 5.78 Å². The second kappa shape index (κ2) is 8.19. The molecular weight excluding hydrogens is 443 g/mol. The topological polar surface area (TPSA) is 81.4 Å². The van der Waals surface area contributed by atoms with Gasteiger partial charge >= 0.3 is 6.18 Å². The average Bonchev–Trinajstić information content (AvgIpc) is 3.25. The first-order valence-corrected chi connectivity index (χ1v) is 11.0. The Hall–Kier alpha value is -3.53. The van der Waals surface area contributed by atoms with E-state index in [0.29, 0.717) is 23.8 Å². The zero-order valence-electron chi connectivity index (χ0n) is 16.5. The van der Waals surface area contributed by atoms with Crippen LogP contribution in [0.3, 0.4) is 0 Å². The summed E-state index contributed by atoms with van der Waals surface area (Å²) in [6.45, 7) is 0. The van der Waals surface area contributed by atoms with Gasteiger partial charge in [-0.2, -0.15) is 13.2 Å². The Morgan fingerprint density at radius 1 is 1.00 bits per heavy atom. The van der Waals surface area contributed by atoms with Crippen molar-refractivity contribution in [2.45, 2.75) is 28.8 Å². The minimum Gasteiger partial charge on any atom is -0.294 e. The maximum Gasteiger partial charge on any atom is 0.416 e. The molecule has 0 atom stereocenters. The number of fused-ring (bicyclic) bond motifs is 1. The number of aryl methyl sites for hydroxylation is 1. The molecule has 0 radical (unpaired) electrons. The summed E-state index contributed by atoms with van der Waals surface area (Å²) < 4.78 is 65.8. The maximum atomic E-state index is 12.9. The summed E-state index contributed by atoms with van der Waals surface area (Å²) in [5, 5.41) is 0. The van der Waals surface area contributed by atoms with E-state index in [1.54, 1.807) is 35.1 Å². The van der Waals surface area contributed by atoms with Gasteiger partial charge in [0.1, 0.15) is 0 Å². The summed E-state index contributed by atoms with van der Waals surface area (Å²) in [5.74, 6) is 0.355. The fourth-order valence-corrected chi connectivity index (χ4v) is 4.48. The molecule has 2 aromatic carbocycles. The van der Waals surface area contributed by atoms with Crippen LogP contribution in [0.1, 0.15) is 27.9 Å². The molecule has 0 saturated carbocycles. The molecule has 10 heteroatoms. The minimum absolute atomic E-state index is 0.123. The van der Waals surface area contributed by atoms with E-state index in [2.05, 4.69) is 9.97 Å². The van der Waals surface area contributed by atoms with E-state index in [1.807, 2.05) is 0 Å². The lowest BCUT2D eigenvalue weighted by Crippen LogP contribution is -2.08. The Morgan fingerprint density at radius 2 is 1.75 bits per heavy atom. The Morgan fingerprint density at radius 3 is 2.47 bits per heavy atom. The fraction of sp³-hybridized carbons (Fsp3) is 0.136. The predicted octanol–water partition coefficient (Wildman–Crippen LogP) is 4.40. The normalized spacial score (nSPS) is 12.2. The second-order valence-corrected chi connectivity index (χ2v) is 9.02. The number of alkyl halides is 3. The van der Waals surface area contributed by atoms with Crippen LogP contribution in [0.5, 0.6) is 0 Å². The van der Waals surface area contributed by atoms with Gasteiger partial charge in [-0.3, -0.25) is 9.20 Å². The van der Waals surface area contributed by atoms with Gasteiger partial charge in [-0.05, 0) is 42.3 Å². The van der Waals surface area contributed by atoms with Crippen LogP contribution < -0.4 is 0 Å². The fourth-order valence-electron chi connectivity index (χ4n) is 3.17. The molecule has 0 aliphatic carbocycles. The number of Topliss-reactive ketones (excluding diaryl/α,β-unsaturated/α-hetero) is 1. The number of halogens is 3. The standard InChI is InChI=1S/C22H16F3N3O3S/c23-22(24,25)17-2-1-3-19(12-17)32(30,31)18-7-4-15(5-8-18)6-9-20(29)16-13-27-21-26-10-11-28(21)14-16/h1-5,7-8,10-14H,6,9H2. The molecule has 0 aliphatic rings. The van der Waals surface area contributed by atoms with Crippen molar-refractivity contribution in [3.63, 3.8) is 0 Å². The van der Waals surface area contributed by atoms with Crippen LogP contribution in [0.2, 0.25) is 0 Å². The monoisotopic (exact) mass is 459 g/mol. The molecule has 0 aliphatic heterocycles. The highest BCUT2D eigenvalue weighted by atomic mass is 32.2. The van der Waals surface area contributed by atoms with Crippen LogP contribution in [0.15, 0.2) is 83.1 Å². The van der Waals surface area contributed by atoms with E-state index in [-0.39, 0.29) is 17.1 Å². The molecule has 6 nitrogen and oxygen atoms in total. The van der Waals surface area contributed by atoms with Crippen molar-refractivity contribution >= 4 is 21.4 Å². The first-order chi connectivity index (χ1) is 15.1. The highest BCUT2D eigenvalue weighted by molar-refractivity contribution is 7.91. The minimum atomic E-state index is -4.64. The van der Waals surface area contributed by atoms with Gasteiger partial charge in [0, 0.05) is 31.2 Å². The summed E-state index contributed by atoms with van der Waals surface area (Å²) in [5.41, 5.74) is 0.120. The zero-order valence-corrected chi connectivity index (χ0v) is 17.3. The van der Waals surface area contributed by atoms with Crippen LogP contribution in [0.4, 0.5) is 13.2 Å². The molecule has 0 saturated heterocycles. The van der Waals surface area contributed by atoms with Crippen molar-refractivity contribution in [2.75, 3.05) is 0 Å². The molecule has 164 valence electrons. The van der Waals surface area contributed by atoms with Gasteiger partial charge in [0.25, 0.3) is 0 Å². The molecular formula is C22H16F3N3O3S. The van der Waals surface area contributed by atoms with Gasteiger partial charge in [-0.15, -0.1) is 0 Å².